The molecule has 0 bridgehead atoms. The molecule has 0 spiro atoms. The lowest BCUT2D eigenvalue weighted by atomic mass is 10.2. The predicted molar refractivity (Wildman–Crippen MR) is 107 cm³/mol. The summed E-state index contributed by atoms with van der Waals surface area (Å²) in [6.07, 6.45) is 0. The fourth-order valence-electron chi connectivity index (χ4n) is 3.01. The maximum absolute atomic E-state index is 13.4. The van der Waals surface area contributed by atoms with Crippen molar-refractivity contribution in [3.8, 4) is 11.5 Å². The zero-order chi connectivity index (χ0) is 20.1. The van der Waals surface area contributed by atoms with Crippen LogP contribution in [-0.2, 0) is 11.3 Å². The van der Waals surface area contributed by atoms with Crippen molar-refractivity contribution < 1.29 is 18.7 Å². The number of carbonyl (C=O) groups is 1. The number of carbonyl (C=O) groups excluding carboxylic acids is 1. The van der Waals surface area contributed by atoms with Gasteiger partial charge in [0, 0.05) is 5.69 Å². The van der Waals surface area contributed by atoms with Crippen LogP contribution in [0, 0.1) is 5.82 Å². The molecular formula is C22H20FN3O3. The van der Waals surface area contributed by atoms with Crippen LogP contribution >= 0.6 is 0 Å². The van der Waals surface area contributed by atoms with E-state index < -0.39 is 0 Å². The summed E-state index contributed by atoms with van der Waals surface area (Å²) < 4.78 is 24.7. The number of pyridine rings is 1. The van der Waals surface area contributed by atoms with Crippen molar-refractivity contribution in [1.82, 2.24) is 9.88 Å². The van der Waals surface area contributed by atoms with E-state index in [0.717, 1.165) is 5.75 Å². The van der Waals surface area contributed by atoms with Gasteiger partial charge in [0.25, 0.3) is 5.91 Å². The molecule has 0 fully saturated rings. The molecule has 0 atom stereocenters. The minimum absolute atomic E-state index is 0.0450. The highest BCUT2D eigenvalue weighted by atomic mass is 19.1. The molecule has 1 amide bonds. The van der Waals surface area contributed by atoms with Crippen LogP contribution in [0.5, 0.6) is 11.5 Å². The molecule has 29 heavy (non-hydrogen) atoms. The van der Waals surface area contributed by atoms with E-state index in [0.29, 0.717) is 42.6 Å². The Bertz CT molecular complexity index is 998. The van der Waals surface area contributed by atoms with Gasteiger partial charge in [-0.15, -0.1) is 0 Å². The average Bonchev–Trinajstić information content (AvgIpc) is 2.88. The minimum Gasteiger partial charge on any atom is -0.492 e. The molecule has 3 aromatic rings. The molecule has 0 saturated carbocycles. The Morgan fingerprint density at radius 2 is 1.97 bits per heavy atom. The van der Waals surface area contributed by atoms with Gasteiger partial charge in [-0.2, -0.15) is 0 Å². The SMILES string of the molecule is O=C1COc2ccc(Nc3cccc(F)c3)nc2CN1CCOc1ccccc1. The number of benzene rings is 2. The molecule has 1 aliphatic heterocycles. The average molecular weight is 393 g/mol. The number of halogens is 1. The number of amides is 1. The first kappa shape index (κ1) is 18.7. The topological polar surface area (TPSA) is 63.7 Å². The van der Waals surface area contributed by atoms with Gasteiger partial charge in [-0.05, 0) is 42.5 Å². The molecule has 1 aliphatic rings. The molecule has 4 rings (SSSR count). The van der Waals surface area contributed by atoms with Crippen molar-refractivity contribution in [3.05, 3.63) is 78.2 Å². The van der Waals surface area contributed by atoms with Crippen LogP contribution in [0.1, 0.15) is 5.69 Å². The van der Waals surface area contributed by atoms with Gasteiger partial charge in [0.2, 0.25) is 0 Å². The maximum atomic E-state index is 13.4. The van der Waals surface area contributed by atoms with Crippen molar-refractivity contribution in [2.24, 2.45) is 0 Å². The van der Waals surface area contributed by atoms with Gasteiger partial charge in [0.15, 0.2) is 6.61 Å². The second kappa shape index (κ2) is 8.60. The van der Waals surface area contributed by atoms with Crippen LogP contribution in [0.4, 0.5) is 15.9 Å². The van der Waals surface area contributed by atoms with Crippen molar-refractivity contribution in [3.63, 3.8) is 0 Å². The summed E-state index contributed by atoms with van der Waals surface area (Å²) in [5, 5.41) is 3.07. The Morgan fingerprint density at radius 1 is 1.10 bits per heavy atom. The third-order valence-electron chi connectivity index (χ3n) is 4.45. The highest BCUT2D eigenvalue weighted by Gasteiger charge is 2.23. The van der Waals surface area contributed by atoms with Gasteiger partial charge >= 0.3 is 0 Å². The van der Waals surface area contributed by atoms with Crippen molar-refractivity contribution in [1.29, 1.82) is 0 Å². The van der Waals surface area contributed by atoms with Crippen LogP contribution < -0.4 is 14.8 Å². The Labute approximate surface area is 167 Å². The Balaban J connectivity index is 1.44. The van der Waals surface area contributed by atoms with Crippen LogP contribution in [0.3, 0.4) is 0 Å². The lowest BCUT2D eigenvalue weighted by Crippen LogP contribution is -2.35. The standard InChI is InChI=1S/C22H20FN3O3/c23-16-5-4-6-17(13-16)24-21-10-9-20-19(25-21)14-26(22(27)15-29-20)11-12-28-18-7-2-1-3-8-18/h1-10,13H,11-12,14-15H2,(H,24,25). The van der Waals surface area contributed by atoms with E-state index in [1.807, 2.05) is 30.3 Å². The number of nitrogens with one attached hydrogen (secondary N) is 1. The van der Waals surface area contributed by atoms with E-state index in [9.17, 15) is 9.18 Å². The van der Waals surface area contributed by atoms with Gasteiger partial charge in [-0.1, -0.05) is 24.3 Å². The van der Waals surface area contributed by atoms with Gasteiger partial charge < -0.3 is 19.7 Å². The smallest absolute Gasteiger partial charge is 0.260 e. The maximum Gasteiger partial charge on any atom is 0.260 e. The van der Waals surface area contributed by atoms with Gasteiger partial charge in [-0.25, -0.2) is 9.37 Å². The number of rotatable bonds is 6. The first-order valence-electron chi connectivity index (χ1n) is 9.28. The van der Waals surface area contributed by atoms with Crippen molar-refractivity contribution in [2.75, 3.05) is 25.1 Å². The van der Waals surface area contributed by atoms with E-state index in [1.54, 1.807) is 29.2 Å². The van der Waals surface area contributed by atoms with Crippen LogP contribution in [0.25, 0.3) is 0 Å². The lowest BCUT2D eigenvalue weighted by Gasteiger charge is -2.20. The molecule has 1 N–H and O–H groups in total. The Morgan fingerprint density at radius 3 is 2.79 bits per heavy atom. The number of aromatic nitrogens is 1. The summed E-state index contributed by atoms with van der Waals surface area (Å²) in [5.74, 6) is 1.41. The fourth-order valence-corrected chi connectivity index (χ4v) is 3.01. The van der Waals surface area contributed by atoms with Gasteiger partial charge in [0.1, 0.15) is 35.4 Å². The van der Waals surface area contributed by atoms with Crippen LogP contribution in [-0.4, -0.2) is 35.5 Å². The molecule has 0 radical (unpaired) electrons. The van der Waals surface area contributed by atoms with Crippen LogP contribution in [0.2, 0.25) is 0 Å². The first-order chi connectivity index (χ1) is 14.2. The van der Waals surface area contributed by atoms with E-state index >= 15 is 0 Å². The molecule has 1 aromatic heterocycles. The summed E-state index contributed by atoms with van der Waals surface area (Å²) in [7, 11) is 0. The third kappa shape index (κ3) is 4.82. The summed E-state index contributed by atoms with van der Waals surface area (Å²) >= 11 is 0. The fraction of sp³-hybridized carbons (Fsp3) is 0.182. The molecular weight excluding hydrogens is 373 g/mol. The van der Waals surface area contributed by atoms with E-state index in [2.05, 4.69) is 10.3 Å². The largest absolute Gasteiger partial charge is 0.492 e. The minimum atomic E-state index is -0.330. The number of ether oxygens (including phenoxy) is 2. The number of anilines is 2. The highest BCUT2D eigenvalue weighted by molar-refractivity contribution is 5.78. The lowest BCUT2D eigenvalue weighted by molar-refractivity contribution is -0.133. The normalized spacial score (nSPS) is 13.3. The summed E-state index contributed by atoms with van der Waals surface area (Å²) in [5.41, 5.74) is 1.23. The van der Waals surface area contributed by atoms with Crippen molar-refractivity contribution >= 4 is 17.4 Å². The molecule has 0 saturated heterocycles. The quantitative estimate of drug-likeness (QED) is 0.691. The monoisotopic (exact) mass is 393 g/mol. The summed E-state index contributed by atoms with van der Waals surface area (Å²) in [6.45, 7) is 1.05. The van der Waals surface area contributed by atoms with Crippen LogP contribution in [0.15, 0.2) is 66.7 Å². The second-order valence-corrected chi connectivity index (χ2v) is 6.54. The predicted octanol–water partition coefficient (Wildman–Crippen LogP) is 3.76. The number of hydrogen-bond acceptors (Lipinski definition) is 5. The van der Waals surface area contributed by atoms with E-state index in [4.69, 9.17) is 9.47 Å². The molecule has 2 heterocycles. The summed E-state index contributed by atoms with van der Waals surface area (Å²) in [6, 6.07) is 19.1. The highest BCUT2D eigenvalue weighted by Crippen LogP contribution is 2.25. The van der Waals surface area contributed by atoms with E-state index in [-0.39, 0.29) is 18.3 Å². The molecule has 2 aromatic carbocycles. The zero-order valence-corrected chi connectivity index (χ0v) is 15.7. The van der Waals surface area contributed by atoms with Gasteiger partial charge in [-0.3, -0.25) is 4.79 Å². The number of para-hydroxylation sites is 1. The third-order valence-corrected chi connectivity index (χ3v) is 4.45. The molecule has 6 nitrogen and oxygen atoms in total. The van der Waals surface area contributed by atoms with Crippen molar-refractivity contribution in [2.45, 2.75) is 6.54 Å². The molecule has 7 heteroatoms. The Hall–Kier alpha value is -3.61. The first-order valence-corrected chi connectivity index (χ1v) is 9.28. The Kier molecular flexibility index (Phi) is 5.56. The summed E-state index contributed by atoms with van der Waals surface area (Å²) in [4.78, 5) is 18.6. The van der Waals surface area contributed by atoms with Gasteiger partial charge in [0.05, 0.1) is 13.1 Å². The second-order valence-electron chi connectivity index (χ2n) is 6.54. The molecule has 148 valence electrons. The number of fused-ring (bicyclic) bond motifs is 1. The molecule has 0 aliphatic carbocycles. The number of nitrogens with zero attached hydrogens (tertiary/aromatic N) is 2. The molecule has 0 unspecified atom stereocenters. The zero-order valence-electron chi connectivity index (χ0n) is 15.7. The van der Waals surface area contributed by atoms with E-state index in [1.165, 1.54) is 12.1 Å². The number of hydrogen-bond donors (Lipinski definition) is 1.